The van der Waals surface area contributed by atoms with E-state index in [1.807, 2.05) is 32.0 Å². The molecule has 0 radical (unpaired) electrons. The van der Waals surface area contributed by atoms with Crippen molar-refractivity contribution in [2.75, 3.05) is 20.2 Å². The number of likely N-dealkylation sites (tertiary alicyclic amines) is 1. The van der Waals surface area contributed by atoms with E-state index in [9.17, 15) is 14.7 Å². The summed E-state index contributed by atoms with van der Waals surface area (Å²) in [7, 11) is 1.60. The van der Waals surface area contributed by atoms with Crippen LogP contribution in [-0.2, 0) is 4.79 Å². The van der Waals surface area contributed by atoms with E-state index in [4.69, 9.17) is 4.74 Å². The third-order valence-corrected chi connectivity index (χ3v) is 4.47. The van der Waals surface area contributed by atoms with Crippen molar-refractivity contribution in [2.45, 2.75) is 33.2 Å². The minimum Gasteiger partial charge on any atom is -0.496 e. The van der Waals surface area contributed by atoms with Crippen molar-refractivity contribution in [1.82, 2.24) is 10.2 Å². The Labute approximate surface area is 136 Å². The number of hydrogen-bond acceptors (Lipinski definition) is 3. The molecule has 1 unspecified atom stereocenters. The van der Waals surface area contributed by atoms with E-state index >= 15 is 0 Å². The van der Waals surface area contributed by atoms with Gasteiger partial charge in [-0.15, -0.1) is 0 Å². The van der Waals surface area contributed by atoms with Gasteiger partial charge in [0.05, 0.1) is 18.6 Å². The second kappa shape index (κ2) is 6.48. The molecule has 1 aromatic carbocycles. The maximum absolute atomic E-state index is 12.4. The molecule has 1 saturated heterocycles. The first-order valence-corrected chi connectivity index (χ1v) is 7.70. The molecule has 2 rings (SSSR count). The molecule has 6 nitrogen and oxygen atoms in total. The van der Waals surface area contributed by atoms with Gasteiger partial charge in [-0.05, 0) is 33.3 Å². The number of aliphatic carboxylic acids is 1. The molecule has 2 N–H and O–H groups in total. The summed E-state index contributed by atoms with van der Waals surface area (Å²) in [5.74, 6) is -0.138. The number of amides is 2. The van der Waals surface area contributed by atoms with Gasteiger partial charge in [-0.2, -0.15) is 0 Å². The summed E-state index contributed by atoms with van der Waals surface area (Å²) in [5.41, 5.74) is 1.13. The molecular formula is C17H24N2O4. The lowest BCUT2D eigenvalue weighted by Crippen LogP contribution is -2.41. The van der Waals surface area contributed by atoms with Crippen LogP contribution in [0.3, 0.4) is 0 Å². The molecule has 0 saturated carbocycles. The topological polar surface area (TPSA) is 78.9 Å². The number of rotatable bonds is 4. The van der Waals surface area contributed by atoms with Crippen LogP contribution in [0, 0.1) is 12.3 Å². The fraction of sp³-hybridized carbons (Fsp3) is 0.529. The zero-order valence-electron chi connectivity index (χ0n) is 14.0. The summed E-state index contributed by atoms with van der Waals surface area (Å²) < 4.78 is 5.35. The van der Waals surface area contributed by atoms with E-state index in [0.717, 1.165) is 16.9 Å². The number of urea groups is 1. The van der Waals surface area contributed by atoms with E-state index in [0.29, 0.717) is 13.0 Å². The van der Waals surface area contributed by atoms with Crippen molar-refractivity contribution < 1.29 is 19.4 Å². The van der Waals surface area contributed by atoms with E-state index < -0.39 is 11.4 Å². The maximum atomic E-state index is 12.4. The van der Waals surface area contributed by atoms with Gasteiger partial charge in [0.2, 0.25) is 0 Å². The summed E-state index contributed by atoms with van der Waals surface area (Å²) in [6, 6.07) is 5.34. The van der Waals surface area contributed by atoms with Crippen molar-refractivity contribution in [3.05, 3.63) is 29.3 Å². The van der Waals surface area contributed by atoms with Gasteiger partial charge in [0.25, 0.3) is 0 Å². The van der Waals surface area contributed by atoms with Crippen LogP contribution in [0.5, 0.6) is 5.75 Å². The monoisotopic (exact) mass is 320 g/mol. The molecule has 0 bridgehead atoms. The molecule has 0 spiro atoms. The Morgan fingerprint density at radius 3 is 2.70 bits per heavy atom. The third-order valence-electron chi connectivity index (χ3n) is 4.47. The first-order valence-electron chi connectivity index (χ1n) is 7.70. The maximum Gasteiger partial charge on any atom is 0.317 e. The molecule has 1 aromatic rings. The van der Waals surface area contributed by atoms with Crippen molar-refractivity contribution in [3.63, 3.8) is 0 Å². The fourth-order valence-corrected chi connectivity index (χ4v) is 2.86. The van der Waals surface area contributed by atoms with Gasteiger partial charge in [-0.1, -0.05) is 17.7 Å². The molecule has 0 aliphatic carbocycles. The summed E-state index contributed by atoms with van der Waals surface area (Å²) in [6.07, 6.45) is 0.470. The summed E-state index contributed by atoms with van der Waals surface area (Å²) >= 11 is 0. The number of methoxy groups -OCH3 is 1. The molecule has 1 fully saturated rings. The van der Waals surface area contributed by atoms with E-state index in [1.54, 1.807) is 18.9 Å². The van der Waals surface area contributed by atoms with Crippen LogP contribution in [0.15, 0.2) is 18.2 Å². The lowest BCUT2D eigenvalue weighted by atomic mass is 9.90. The fourth-order valence-electron chi connectivity index (χ4n) is 2.86. The molecule has 23 heavy (non-hydrogen) atoms. The van der Waals surface area contributed by atoms with E-state index in [-0.39, 0.29) is 18.6 Å². The van der Waals surface area contributed by atoms with Gasteiger partial charge >= 0.3 is 12.0 Å². The second-order valence-electron chi connectivity index (χ2n) is 6.45. The Morgan fingerprint density at radius 2 is 2.13 bits per heavy atom. The number of nitrogens with one attached hydrogen (secondary N) is 1. The molecule has 126 valence electrons. The third kappa shape index (κ3) is 3.57. The molecular weight excluding hydrogens is 296 g/mol. The number of carbonyl (C=O) groups excluding carboxylic acids is 1. The highest BCUT2D eigenvalue weighted by atomic mass is 16.5. The summed E-state index contributed by atoms with van der Waals surface area (Å²) in [6.45, 7) is 6.23. The highest BCUT2D eigenvalue weighted by Gasteiger charge is 2.42. The van der Waals surface area contributed by atoms with Crippen molar-refractivity contribution in [3.8, 4) is 5.75 Å². The van der Waals surface area contributed by atoms with Crippen LogP contribution in [0.4, 0.5) is 4.79 Å². The number of hydrogen-bond donors (Lipinski definition) is 2. The number of carboxylic acid groups (broad SMARTS) is 1. The minimum absolute atomic E-state index is 0.228. The Bertz CT molecular complexity index is 617. The van der Waals surface area contributed by atoms with Crippen molar-refractivity contribution in [1.29, 1.82) is 0 Å². The highest BCUT2D eigenvalue weighted by Crippen LogP contribution is 2.31. The van der Waals surface area contributed by atoms with Gasteiger partial charge in [-0.25, -0.2) is 4.79 Å². The molecule has 2 amide bonds. The number of aryl methyl sites for hydroxylation is 1. The first kappa shape index (κ1) is 17.1. The molecule has 1 heterocycles. The van der Waals surface area contributed by atoms with Crippen LogP contribution in [-0.4, -0.2) is 42.2 Å². The van der Waals surface area contributed by atoms with E-state index in [2.05, 4.69) is 5.32 Å². The van der Waals surface area contributed by atoms with Crippen LogP contribution >= 0.6 is 0 Å². The minimum atomic E-state index is -0.860. The van der Waals surface area contributed by atoms with Crippen molar-refractivity contribution in [2.24, 2.45) is 5.41 Å². The number of carboxylic acids is 1. The normalized spacial score (nSPS) is 21.8. The average molecular weight is 320 g/mol. The average Bonchev–Trinajstić information content (AvgIpc) is 2.91. The lowest BCUT2D eigenvalue weighted by molar-refractivity contribution is -0.146. The zero-order valence-corrected chi connectivity index (χ0v) is 14.0. The predicted octanol–water partition coefficient (Wildman–Crippen LogP) is 2.57. The summed E-state index contributed by atoms with van der Waals surface area (Å²) in [4.78, 5) is 25.2. The molecule has 2 atom stereocenters. The molecule has 0 aromatic heterocycles. The van der Waals surface area contributed by atoms with Crippen LogP contribution in [0.2, 0.25) is 0 Å². The Morgan fingerprint density at radius 1 is 1.43 bits per heavy atom. The number of benzene rings is 1. The number of carbonyl (C=O) groups is 2. The number of nitrogens with zero attached hydrogens (tertiary/aromatic N) is 1. The van der Waals surface area contributed by atoms with Gasteiger partial charge in [0.1, 0.15) is 5.75 Å². The molecule has 1 aliphatic heterocycles. The standard InChI is InChI=1S/C17H24N2O4/c1-11-5-6-14(23-4)13(9-11)12(2)18-16(22)19-8-7-17(3,10-19)15(20)21/h5-6,9,12H,7-8,10H2,1-4H3,(H,18,22)(H,20,21)/t12-,17?/m0/s1. The first-order chi connectivity index (χ1) is 10.8. The Kier molecular flexibility index (Phi) is 4.82. The molecule has 1 aliphatic rings. The van der Waals surface area contributed by atoms with Gasteiger partial charge < -0.3 is 20.1 Å². The Balaban J connectivity index is 2.06. The largest absolute Gasteiger partial charge is 0.496 e. The summed E-state index contributed by atoms with van der Waals surface area (Å²) in [5, 5.41) is 12.2. The molecule has 6 heteroatoms. The quantitative estimate of drug-likeness (QED) is 0.893. The number of ether oxygens (including phenoxy) is 1. The highest BCUT2D eigenvalue weighted by molar-refractivity contribution is 5.79. The SMILES string of the molecule is COc1ccc(C)cc1[C@H](C)NC(=O)N1CCC(C)(C(=O)O)C1. The van der Waals surface area contributed by atoms with Crippen LogP contribution in [0.1, 0.15) is 37.4 Å². The van der Waals surface area contributed by atoms with Crippen LogP contribution < -0.4 is 10.1 Å². The van der Waals surface area contributed by atoms with Crippen molar-refractivity contribution >= 4 is 12.0 Å². The van der Waals surface area contributed by atoms with E-state index in [1.165, 1.54) is 0 Å². The van der Waals surface area contributed by atoms with Gasteiger partial charge in [0, 0.05) is 18.7 Å². The smallest absolute Gasteiger partial charge is 0.317 e. The van der Waals surface area contributed by atoms with Gasteiger partial charge in [-0.3, -0.25) is 4.79 Å². The predicted molar refractivity (Wildman–Crippen MR) is 86.6 cm³/mol. The van der Waals surface area contributed by atoms with Crippen LogP contribution in [0.25, 0.3) is 0 Å². The lowest BCUT2D eigenvalue weighted by Gasteiger charge is -2.24. The Hall–Kier alpha value is -2.24. The zero-order chi connectivity index (χ0) is 17.2. The second-order valence-corrected chi connectivity index (χ2v) is 6.45. The van der Waals surface area contributed by atoms with Gasteiger partial charge in [0.15, 0.2) is 0 Å².